The molecule has 0 aliphatic carbocycles. The SMILES string of the molecule is C=CCCCOCBr. The minimum Gasteiger partial charge on any atom is -0.370 e. The van der Waals surface area contributed by atoms with Crippen LogP contribution in [0.3, 0.4) is 0 Å². The fourth-order valence-electron chi connectivity index (χ4n) is 0.384. The third-order valence-electron chi connectivity index (χ3n) is 0.774. The monoisotopic (exact) mass is 178 g/mol. The zero-order chi connectivity index (χ0) is 6.24. The molecule has 0 spiro atoms. The third kappa shape index (κ3) is 6.18. The molecule has 0 fully saturated rings. The highest BCUT2D eigenvalue weighted by Gasteiger charge is 1.81. The van der Waals surface area contributed by atoms with Gasteiger partial charge in [0.2, 0.25) is 0 Å². The Balaban J connectivity index is 2.62. The molecule has 0 aromatic heterocycles. The summed E-state index contributed by atoms with van der Waals surface area (Å²) in [6.07, 6.45) is 4.03. The third-order valence-corrected chi connectivity index (χ3v) is 1.10. The Morgan fingerprint density at radius 2 is 2.38 bits per heavy atom. The van der Waals surface area contributed by atoms with Crippen molar-refractivity contribution in [1.29, 1.82) is 0 Å². The van der Waals surface area contributed by atoms with Crippen LogP contribution in [-0.2, 0) is 4.74 Å². The summed E-state index contributed by atoms with van der Waals surface area (Å²) < 4.78 is 5.00. The normalized spacial score (nSPS) is 9.12. The maximum atomic E-state index is 5.00. The van der Waals surface area contributed by atoms with E-state index in [9.17, 15) is 0 Å². The highest BCUT2D eigenvalue weighted by molar-refractivity contribution is 9.09. The molecule has 0 aliphatic rings. The molecule has 0 radical (unpaired) electrons. The molecule has 0 aromatic rings. The van der Waals surface area contributed by atoms with Crippen LogP contribution < -0.4 is 0 Å². The van der Waals surface area contributed by atoms with Gasteiger partial charge in [0.1, 0.15) is 5.52 Å². The standard InChI is InChI=1S/C6H11BrO/c1-2-3-4-5-8-6-7/h2H,1,3-6H2. The number of alkyl halides is 1. The van der Waals surface area contributed by atoms with Gasteiger partial charge in [-0.2, -0.15) is 0 Å². The molecule has 0 N–H and O–H groups in total. The van der Waals surface area contributed by atoms with Crippen molar-refractivity contribution >= 4 is 15.9 Å². The Bertz CT molecular complexity index is 54.5. The summed E-state index contributed by atoms with van der Waals surface area (Å²) in [6, 6.07) is 0. The summed E-state index contributed by atoms with van der Waals surface area (Å²) in [7, 11) is 0. The van der Waals surface area contributed by atoms with Gasteiger partial charge in [0.15, 0.2) is 0 Å². The minimum absolute atomic E-state index is 0.643. The number of unbranched alkanes of at least 4 members (excludes halogenated alkanes) is 1. The van der Waals surface area contributed by atoms with E-state index in [1.54, 1.807) is 0 Å². The summed E-state index contributed by atoms with van der Waals surface area (Å²) in [5.74, 6) is 0. The average Bonchev–Trinajstić information content (AvgIpc) is 1.81. The molecule has 0 unspecified atom stereocenters. The summed E-state index contributed by atoms with van der Waals surface area (Å²) >= 11 is 3.15. The van der Waals surface area contributed by atoms with Crippen LogP contribution >= 0.6 is 15.9 Å². The Morgan fingerprint density at radius 1 is 1.62 bits per heavy atom. The second kappa shape index (κ2) is 7.18. The van der Waals surface area contributed by atoms with Gasteiger partial charge in [0.25, 0.3) is 0 Å². The second-order valence-electron chi connectivity index (χ2n) is 1.45. The predicted octanol–water partition coefficient (Wildman–Crippen LogP) is 2.32. The smallest absolute Gasteiger partial charge is 0.101 e. The number of halogens is 1. The molecular formula is C6H11BrO. The topological polar surface area (TPSA) is 9.23 Å². The van der Waals surface area contributed by atoms with E-state index in [0.29, 0.717) is 5.52 Å². The van der Waals surface area contributed by atoms with Gasteiger partial charge >= 0.3 is 0 Å². The molecule has 1 nitrogen and oxygen atoms in total. The predicted molar refractivity (Wildman–Crippen MR) is 39.2 cm³/mol. The molecule has 0 saturated heterocycles. The first kappa shape index (κ1) is 8.18. The summed E-state index contributed by atoms with van der Waals surface area (Å²) in [5, 5.41) is 0. The lowest BCUT2D eigenvalue weighted by atomic mass is 10.3. The van der Waals surface area contributed by atoms with Crippen molar-refractivity contribution in [2.75, 3.05) is 12.1 Å². The van der Waals surface area contributed by atoms with Crippen LogP contribution in [0.1, 0.15) is 12.8 Å². The van der Waals surface area contributed by atoms with Crippen LogP contribution in [0.5, 0.6) is 0 Å². The Labute approximate surface area is 58.9 Å². The van der Waals surface area contributed by atoms with Crippen molar-refractivity contribution in [3.8, 4) is 0 Å². The van der Waals surface area contributed by atoms with Crippen molar-refractivity contribution in [1.82, 2.24) is 0 Å². The van der Waals surface area contributed by atoms with E-state index in [4.69, 9.17) is 4.74 Å². The lowest BCUT2D eigenvalue weighted by Crippen LogP contribution is -1.89. The average molecular weight is 179 g/mol. The number of allylic oxidation sites excluding steroid dienone is 1. The first-order chi connectivity index (χ1) is 3.91. The number of ether oxygens (including phenoxy) is 1. The van der Waals surface area contributed by atoms with E-state index < -0.39 is 0 Å². The molecular weight excluding hydrogens is 168 g/mol. The van der Waals surface area contributed by atoms with Gasteiger partial charge in [-0.25, -0.2) is 0 Å². The fraction of sp³-hybridized carbons (Fsp3) is 0.667. The quantitative estimate of drug-likeness (QED) is 0.357. The van der Waals surface area contributed by atoms with Gasteiger partial charge in [0, 0.05) is 6.61 Å². The van der Waals surface area contributed by atoms with Crippen molar-refractivity contribution < 1.29 is 4.74 Å². The molecule has 0 saturated carbocycles. The van der Waals surface area contributed by atoms with E-state index in [1.165, 1.54) is 0 Å². The van der Waals surface area contributed by atoms with Crippen LogP contribution in [0, 0.1) is 0 Å². The van der Waals surface area contributed by atoms with Crippen LogP contribution in [0.2, 0.25) is 0 Å². The van der Waals surface area contributed by atoms with Gasteiger partial charge in [0.05, 0.1) is 0 Å². The van der Waals surface area contributed by atoms with Crippen molar-refractivity contribution in [2.45, 2.75) is 12.8 Å². The van der Waals surface area contributed by atoms with Gasteiger partial charge in [-0.3, -0.25) is 0 Å². The van der Waals surface area contributed by atoms with Crippen LogP contribution in [-0.4, -0.2) is 12.1 Å². The van der Waals surface area contributed by atoms with E-state index in [0.717, 1.165) is 19.4 Å². The van der Waals surface area contributed by atoms with Crippen LogP contribution in [0.15, 0.2) is 12.7 Å². The Morgan fingerprint density at radius 3 is 2.88 bits per heavy atom. The summed E-state index contributed by atoms with van der Waals surface area (Å²) in [5.41, 5.74) is 0.643. The molecule has 8 heavy (non-hydrogen) atoms. The first-order valence-electron chi connectivity index (χ1n) is 2.66. The van der Waals surface area contributed by atoms with Gasteiger partial charge in [-0.1, -0.05) is 22.0 Å². The molecule has 0 aromatic carbocycles. The molecule has 0 rings (SSSR count). The molecule has 0 amide bonds. The molecule has 2 heteroatoms. The number of rotatable bonds is 5. The van der Waals surface area contributed by atoms with Gasteiger partial charge < -0.3 is 4.74 Å². The van der Waals surface area contributed by atoms with E-state index >= 15 is 0 Å². The first-order valence-corrected chi connectivity index (χ1v) is 3.78. The van der Waals surface area contributed by atoms with Crippen LogP contribution in [0.4, 0.5) is 0 Å². The van der Waals surface area contributed by atoms with Gasteiger partial charge in [-0.15, -0.1) is 6.58 Å². The lowest BCUT2D eigenvalue weighted by Gasteiger charge is -1.94. The minimum atomic E-state index is 0.643. The van der Waals surface area contributed by atoms with E-state index in [-0.39, 0.29) is 0 Å². The van der Waals surface area contributed by atoms with E-state index in [2.05, 4.69) is 22.5 Å². The fourth-order valence-corrected chi connectivity index (χ4v) is 0.613. The summed E-state index contributed by atoms with van der Waals surface area (Å²) in [6.45, 7) is 4.42. The number of hydrogen-bond acceptors (Lipinski definition) is 1. The zero-order valence-corrected chi connectivity index (χ0v) is 6.49. The second-order valence-corrected chi connectivity index (χ2v) is 1.91. The van der Waals surface area contributed by atoms with Crippen LogP contribution in [0.25, 0.3) is 0 Å². The molecule has 0 atom stereocenters. The van der Waals surface area contributed by atoms with Crippen molar-refractivity contribution in [3.63, 3.8) is 0 Å². The van der Waals surface area contributed by atoms with Crippen molar-refractivity contribution in [3.05, 3.63) is 12.7 Å². The van der Waals surface area contributed by atoms with Gasteiger partial charge in [-0.05, 0) is 12.8 Å². The highest BCUT2D eigenvalue weighted by atomic mass is 79.9. The summed E-state index contributed by atoms with van der Waals surface area (Å²) in [4.78, 5) is 0. The van der Waals surface area contributed by atoms with Crippen molar-refractivity contribution in [2.24, 2.45) is 0 Å². The molecule has 0 heterocycles. The highest BCUT2D eigenvalue weighted by Crippen LogP contribution is 1.91. The molecule has 0 aliphatic heterocycles. The zero-order valence-electron chi connectivity index (χ0n) is 4.90. The maximum absolute atomic E-state index is 5.00. The molecule has 48 valence electrons. The lowest BCUT2D eigenvalue weighted by molar-refractivity contribution is 0.183. The van der Waals surface area contributed by atoms with E-state index in [1.807, 2.05) is 6.08 Å². The Hall–Kier alpha value is 0.180. The Kier molecular flexibility index (Phi) is 7.34. The molecule has 0 bridgehead atoms. The maximum Gasteiger partial charge on any atom is 0.101 e. The number of hydrogen-bond donors (Lipinski definition) is 0. The largest absolute Gasteiger partial charge is 0.370 e.